The number of fused-ring (bicyclic) bond motifs is 4. The summed E-state index contributed by atoms with van der Waals surface area (Å²) in [4.78, 5) is 13.5. The van der Waals surface area contributed by atoms with E-state index in [1.54, 1.807) is 30.4 Å². The number of thiophene rings is 1. The molecule has 0 saturated heterocycles. The predicted octanol–water partition coefficient (Wildman–Crippen LogP) is 6.90. The molecule has 36 heavy (non-hydrogen) atoms. The average Bonchev–Trinajstić information content (AvgIpc) is 3.57. The number of ether oxygens (including phenoxy) is 2. The van der Waals surface area contributed by atoms with E-state index in [9.17, 15) is 9.18 Å². The first-order chi connectivity index (χ1) is 17.6. The van der Waals surface area contributed by atoms with E-state index >= 15 is 0 Å². The predicted molar refractivity (Wildman–Crippen MR) is 142 cm³/mol. The largest absolute Gasteiger partial charge is 0.494 e. The number of rotatable bonds is 6. The van der Waals surface area contributed by atoms with E-state index in [0.717, 1.165) is 36.9 Å². The van der Waals surface area contributed by atoms with Crippen molar-refractivity contribution in [2.75, 3.05) is 13.7 Å². The molecule has 0 spiro atoms. The van der Waals surface area contributed by atoms with Crippen molar-refractivity contribution in [1.29, 1.82) is 0 Å². The van der Waals surface area contributed by atoms with Crippen LogP contribution in [0.2, 0.25) is 0 Å². The van der Waals surface area contributed by atoms with E-state index in [0.29, 0.717) is 23.4 Å². The van der Waals surface area contributed by atoms with Crippen molar-refractivity contribution in [3.05, 3.63) is 77.7 Å². The standard InChI is InChI=1S/C27H20FN3O3S2/c1-3-34-27(32)25-23(16-9-11-21(33-2)18(28)13-16)26-24(17-6-4-5-7-22(17)35-26)31(25)14-15-8-10-19-20(12-15)30-36-29-19/h4-13H,3,14H2,1-2H3. The molecule has 3 heterocycles. The van der Waals surface area contributed by atoms with Crippen molar-refractivity contribution in [3.63, 3.8) is 0 Å². The molecule has 9 heteroatoms. The van der Waals surface area contributed by atoms with Crippen LogP contribution in [0.15, 0.2) is 60.7 Å². The molecule has 0 fully saturated rings. The smallest absolute Gasteiger partial charge is 0.355 e. The van der Waals surface area contributed by atoms with E-state index in [2.05, 4.69) is 14.8 Å². The normalized spacial score (nSPS) is 11.5. The average molecular weight is 518 g/mol. The highest BCUT2D eigenvalue weighted by Crippen LogP contribution is 2.45. The summed E-state index contributed by atoms with van der Waals surface area (Å²) in [5, 5.41) is 1.03. The van der Waals surface area contributed by atoms with E-state index in [1.165, 1.54) is 24.9 Å². The lowest BCUT2D eigenvalue weighted by Gasteiger charge is -2.13. The monoisotopic (exact) mass is 517 g/mol. The Bertz CT molecular complexity index is 1770. The molecule has 180 valence electrons. The summed E-state index contributed by atoms with van der Waals surface area (Å²) in [7, 11) is 1.43. The minimum Gasteiger partial charge on any atom is -0.494 e. The van der Waals surface area contributed by atoms with Crippen molar-refractivity contribution in [2.24, 2.45) is 0 Å². The zero-order valence-electron chi connectivity index (χ0n) is 19.4. The van der Waals surface area contributed by atoms with Crippen LogP contribution in [0.25, 0.3) is 42.5 Å². The summed E-state index contributed by atoms with van der Waals surface area (Å²) in [5.74, 6) is -0.797. The van der Waals surface area contributed by atoms with Crippen LogP contribution >= 0.6 is 23.1 Å². The summed E-state index contributed by atoms with van der Waals surface area (Å²) >= 11 is 2.75. The second-order valence-electron chi connectivity index (χ2n) is 8.24. The first kappa shape index (κ1) is 22.6. The summed E-state index contributed by atoms with van der Waals surface area (Å²) in [6.07, 6.45) is 0. The van der Waals surface area contributed by atoms with Crippen LogP contribution in [0.1, 0.15) is 23.0 Å². The topological polar surface area (TPSA) is 66.2 Å². The lowest BCUT2D eigenvalue weighted by atomic mass is 10.0. The second-order valence-corrected chi connectivity index (χ2v) is 9.82. The van der Waals surface area contributed by atoms with Gasteiger partial charge in [0.1, 0.15) is 16.7 Å². The van der Waals surface area contributed by atoms with Crippen LogP contribution in [0, 0.1) is 5.82 Å². The molecule has 0 atom stereocenters. The Morgan fingerprint density at radius 1 is 1.06 bits per heavy atom. The third-order valence-electron chi connectivity index (χ3n) is 6.14. The van der Waals surface area contributed by atoms with Crippen LogP contribution < -0.4 is 4.74 Å². The molecule has 0 aliphatic carbocycles. The number of aromatic nitrogens is 3. The highest BCUT2D eigenvalue weighted by molar-refractivity contribution is 7.26. The van der Waals surface area contributed by atoms with Crippen molar-refractivity contribution in [1.82, 2.24) is 13.3 Å². The molecule has 0 saturated carbocycles. The van der Waals surface area contributed by atoms with Crippen LogP contribution in [0.4, 0.5) is 4.39 Å². The maximum Gasteiger partial charge on any atom is 0.355 e. The van der Waals surface area contributed by atoms with E-state index in [1.807, 2.05) is 41.0 Å². The van der Waals surface area contributed by atoms with Gasteiger partial charge in [0.05, 0.1) is 35.7 Å². The number of halogens is 1. The maximum absolute atomic E-state index is 14.8. The molecule has 0 unspecified atom stereocenters. The number of hydrogen-bond acceptors (Lipinski definition) is 7. The fourth-order valence-corrected chi connectivity index (χ4v) is 6.38. The molecule has 0 N–H and O–H groups in total. The van der Waals surface area contributed by atoms with E-state index in [4.69, 9.17) is 9.47 Å². The molecule has 0 bridgehead atoms. The van der Waals surface area contributed by atoms with Gasteiger partial charge in [-0.2, -0.15) is 8.75 Å². The van der Waals surface area contributed by atoms with Crippen LogP contribution in [0.5, 0.6) is 5.75 Å². The Hall–Kier alpha value is -3.82. The minimum absolute atomic E-state index is 0.147. The lowest BCUT2D eigenvalue weighted by Crippen LogP contribution is -2.14. The fourth-order valence-electron chi connectivity index (χ4n) is 4.59. The second kappa shape index (κ2) is 9.00. The van der Waals surface area contributed by atoms with Gasteiger partial charge in [-0.05, 0) is 48.4 Å². The third-order valence-corrected chi connectivity index (χ3v) is 7.88. The Balaban J connectivity index is 1.67. The van der Waals surface area contributed by atoms with Gasteiger partial charge < -0.3 is 14.0 Å². The number of esters is 1. The Labute approximate surface area is 213 Å². The summed E-state index contributed by atoms with van der Waals surface area (Å²) in [6, 6.07) is 18.8. The van der Waals surface area contributed by atoms with Crippen molar-refractivity contribution in [2.45, 2.75) is 13.5 Å². The number of hydrogen-bond donors (Lipinski definition) is 0. The van der Waals surface area contributed by atoms with Crippen molar-refractivity contribution >= 4 is 60.4 Å². The highest BCUT2D eigenvalue weighted by atomic mass is 32.1. The molecular formula is C27H20FN3O3S2. The van der Waals surface area contributed by atoms with Gasteiger partial charge in [0.25, 0.3) is 0 Å². The molecule has 3 aromatic carbocycles. The van der Waals surface area contributed by atoms with Gasteiger partial charge in [0, 0.05) is 22.2 Å². The van der Waals surface area contributed by atoms with Crippen LogP contribution in [0.3, 0.4) is 0 Å². The lowest BCUT2D eigenvalue weighted by molar-refractivity contribution is 0.0516. The highest BCUT2D eigenvalue weighted by Gasteiger charge is 2.28. The summed E-state index contributed by atoms with van der Waals surface area (Å²) in [6.45, 7) is 2.42. The van der Waals surface area contributed by atoms with E-state index < -0.39 is 11.8 Å². The number of benzene rings is 3. The summed E-state index contributed by atoms with van der Waals surface area (Å²) in [5.41, 5.74) is 5.17. The zero-order valence-corrected chi connectivity index (χ0v) is 21.1. The van der Waals surface area contributed by atoms with Crippen LogP contribution in [-0.2, 0) is 11.3 Å². The van der Waals surface area contributed by atoms with Gasteiger partial charge in [-0.3, -0.25) is 0 Å². The van der Waals surface area contributed by atoms with Crippen molar-refractivity contribution in [3.8, 4) is 16.9 Å². The van der Waals surface area contributed by atoms with Gasteiger partial charge in [0.2, 0.25) is 0 Å². The zero-order chi connectivity index (χ0) is 24.8. The molecule has 0 aliphatic rings. The molecule has 0 amide bonds. The number of carbonyl (C=O) groups excluding carboxylic acids is 1. The summed E-state index contributed by atoms with van der Waals surface area (Å²) < 4.78 is 38.1. The molecule has 6 nitrogen and oxygen atoms in total. The van der Waals surface area contributed by atoms with Gasteiger partial charge in [-0.1, -0.05) is 30.3 Å². The quantitative estimate of drug-likeness (QED) is 0.225. The number of methoxy groups -OCH3 is 1. The third kappa shape index (κ3) is 3.63. The Morgan fingerprint density at radius 3 is 2.69 bits per heavy atom. The Morgan fingerprint density at radius 2 is 1.89 bits per heavy atom. The Kier molecular flexibility index (Phi) is 5.66. The SMILES string of the molecule is CCOC(=O)c1c(-c2ccc(OC)c(F)c2)c2sc3ccccc3c2n1Cc1ccc2nsnc2c1. The van der Waals surface area contributed by atoms with Gasteiger partial charge in [0.15, 0.2) is 11.6 Å². The fraction of sp³-hybridized carbons (Fsp3) is 0.148. The van der Waals surface area contributed by atoms with Gasteiger partial charge >= 0.3 is 5.97 Å². The van der Waals surface area contributed by atoms with Gasteiger partial charge in [-0.15, -0.1) is 11.3 Å². The molecule has 0 radical (unpaired) electrons. The minimum atomic E-state index is -0.492. The molecular weight excluding hydrogens is 497 g/mol. The molecule has 6 rings (SSSR count). The molecule has 3 aromatic heterocycles. The van der Waals surface area contributed by atoms with Crippen molar-refractivity contribution < 1.29 is 18.7 Å². The number of carbonyl (C=O) groups is 1. The van der Waals surface area contributed by atoms with Crippen LogP contribution in [-0.4, -0.2) is 33.0 Å². The van der Waals surface area contributed by atoms with E-state index in [-0.39, 0.29) is 12.4 Å². The number of nitrogens with zero attached hydrogens (tertiary/aromatic N) is 3. The maximum atomic E-state index is 14.8. The molecule has 0 aliphatic heterocycles. The first-order valence-corrected chi connectivity index (χ1v) is 12.9. The van der Waals surface area contributed by atoms with Gasteiger partial charge in [-0.25, -0.2) is 9.18 Å². The first-order valence-electron chi connectivity index (χ1n) is 11.3. The molecule has 6 aromatic rings.